The van der Waals surface area contributed by atoms with Gasteiger partial charge in [0.15, 0.2) is 0 Å². The predicted molar refractivity (Wildman–Crippen MR) is 144 cm³/mol. The van der Waals surface area contributed by atoms with E-state index in [0.717, 1.165) is 0 Å². The smallest absolute Gasteiger partial charge is 0.432 e. The first-order valence-corrected chi connectivity index (χ1v) is 14.7. The van der Waals surface area contributed by atoms with E-state index in [4.69, 9.17) is 27.8 Å². The largest absolute Gasteiger partial charge is 0.484 e. The molecule has 0 heterocycles. The van der Waals surface area contributed by atoms with Crippen molar-refractivity contribution in [3.05, 3.63) is 34.9 Å². The predicted octanol–water partition coefficient (Wildman–Crippen LogP) is 7.05. The third-order valence-electron chi connectivity index (χ3n) is 4.93. The maximum absolute atomic E-state index is 13.6. The van der Waals surface area contributed by atoms with Crippen molar-refractivity contribution in [2.75, 3.05) is 0 Å². The fourth-order valence-electron chi connectivity index (χ4n) is 3.22. The van der Waals surface area contributed by atoms with Gasteiger partial charge in [0.05, 0.1) is 0 Å². The molecule has 3 unspecified atom stereocenters. The number of carbonyl (C=O) groups is 3. The molecular weight excluding hydrogens is 515 g/mol. The summed E-state index contributed by atoms with van der Waals surface area (Å²) in [5, 5.41) is 0. The average molecular weight is 561 g/mol. The number of rotatable bonds is 18. The molecule has 0 aromatic rings. The summed E-state index contributed by atoms with van der Waals surface area (Å²) in [7, 11) is -4.61. The van der Waals surface area contributed by atoms with Gasteiger partial charge in [-0.25, -0.2) is 32.5 Å². The lowest BCUT2D eigenvalue weighted by molar-refractivity contribution is -0.174. The van der Waals surface area contributed by atoms with Crippen LogP contribution < -0.4 is 0 Å². The molecule has 0 fully saturated rings. The molecule has 0 aliphatic heterocycles. The molecule has 0 aliphatic rings. The first kappa shape index (κ1) is 35.7. The van der Waals surface area contributed by atoms with Gasteiger partial charge < -0.3 is 14.2 Å². The Hall–Kier alpha value is -2.26. The SMILES string of the molecule is CC/C=C(\CC)C(=O)OC(C)OP(=O)(OC(C)OC(=O)/C(=C/CC)CC)OC(C)OC(=O)/C(=C/CC)CC. The minimum absolute atomic E-state index is 0.425. The van der Waals surface area contributed by atoms with Crippen LogP contribution >= 0.6 is 7.82 Å². The second kappa shape index (κ2) is 18.9. The van der Waals surface area contributed by atoms with Crippen molar-refractivity contribution in [3.8, 4) is 0 Å². The zero-order valence-electron chi connectivity index (χ0n) is 24.2. The maximum Gasteiger partial charge on any atom is 0.484 e. The van der Waals surface area contributed by atoms with Crippen molar-refractivity contribution in [1.29, 1.82) is 0 Å². The van der Waals surface area contributed by atoms with Crippen LogP contribution in [0.1, 0.15) is 101 Å². The van der Waals surface area contributed by atoms with Gasteiger partial charge >= 0.3 is 25.7 Å². The highest BCUT2D eigenvalue weighted by Gasteiger charge is 2.37. The summed E-state index contributed by atoms with van der Waals surface area (Å²) in [6, 6.07) is 0. The second-order valence-electron chi connectivity index (χ2n) is 8.16. The molecule has 0 bridgehead atoms. The van der Waals surface area contributed by atoms with Crippen molar-refractivity contribution in [2.45, 2.75) is 120 Å². The van der Waals surface area contributed by atoms with Crippen LogP contribution in [0.5, 0.6) is 0 Å². The van der Waals surface area contributed by atoms with Crippen LogP contribution in [0.15, 0.2) is 34.9 Å². The van der Waals surface area contributed by atoms with Crippen LogP contribution in [0, 0.1) is 0 Å². The lowest BCUT2D eigenvalue weighted by atomic mass is 10.2. The molecule has 0 amide bonds. The number of phosphoric acid groups is 1. The summed E-state index contributed by atoms with van der Waals surface area (Å²) in [6.07, 6.45) is 4.21. The van der Waals surface area contributed by atoms with Gasteiger partial charge in [-0.1, -0.05) is 59.8 Å². The number of esters is 3. The fourth-order valence-corrected chi connectivity index (χ4v) is 4.59. The van der Waals surface area contributed by atoms with Gasteiger partial charge in [0.25, 0.3) is 0 Å². The Labute approximate surface area is 227 Å². The van der Waals surface area contributed by atoms with Crippen molar-refractivity contribution in [1.82, 2.24) is 0 Å². The van der Waals surface area contributed by atoms with Gasteiger partial charge in [-0.05, 0) is 59.3 Å². The monoisotopic (exact) mass is 560 g/mol. The number of ether oxygens (including phenoxy) is 3. The Balaban J connectivity index is 5.76. The summed E-state index contributed by atoms with van der Waals surface area (Å²) < 4.78 is 45.5. The second-order valence-corrected chi connectivity index (χ2v) is 9.68. The van der Waals surface area contributed by atoms with Gasteiger partial charge in [-0.3, -0.25) is 0 Å². The number of carbonyl (C=O) groups excluding carboxylic acids is 3. The molecule has 3 atom stereocenters. The standard InChI is InChI=1S/C27H45O10P/c1-10-16-22(13-4)25(28)32-19(7)35-38(31,36-20(8)33-26(29)23(14-5)17-11-2)37-21(9)34-27(30)24(15-6)18-12-3/h16-21H,10-15H2,1-9H3/b22-16+,23-17+,24-18+. The van der Waals surface area contributed by atoms with E-state index in [2.05, 4.69) is 0 Å². The van der Waals surface area contributed by atoms with Crippen LogP contribution in [0.25, 0.3) is 0 Å². The number of hydrogen-bond donors (Lipinski definition) is 0. The van der Waals surface area contributed by atoms with E-state index in [1.54, 1.807) is 39.0 Å². The molecule has 0 spiro atoms. The van der Waals surface area contributed by atoms with Crippen LogP contribution in [-0.4, -0.2) is 36.8 Å². The normalized spacial score (nSPS) is 16.7. The van der Waals surface area contributed by atoms with E-state index < -0.39 is 44.6 Å². The maximum atomic E-state index is 13.6. The molecule has 38 heavy (non-hydrogen) atoms. The highest BCUT2D eigenvalue weighted by Crippen LogP contribution is 2.53. The van der Waals surface area contributed by atoms with Crippen molar-refractivity contribution in [3.63, 3.8) is 0 Å². The van der Waals surface area contributed by atoms with Crippen LogP contribution in [0.2, 0.25) is 0 Å². The van der Waals surface area contributed by atoms with Crippen LogP contribution in [-0.2, 0) is 46.7 Å². The zero-order chi connectivity index (χ0) is 29.3. The van der Waals surface area contributed by atoms with E-state index in [9.17, 15) is 18.9 Å². The first-order valence-electron chi connectivity index (χ1n) is 13.2. The third-order valence-corrected chi connectivity index (χ3v) is 6.60. The molecule has 0 aromatic heterocycles. The van der Waals surface area contributed by atoms with Gasteiger partial charge in [0.1, 0.15) is 0 Å². The Morgan fingerprint density at radius 3 is 0.974 bits per heavy atom. The minimum atomic E-state index is -4.61. The highest BCUT2D eigenvalue weighted by molar-refractivity contribution is 7.48. The van der Waals surface area contributed by atoms with Gasteiger partial charge in [-0.2, -0.15) is 0 Å². The lowest BCUT2D eigenvalue weighted by Gasteiger charge is -2.26. The molecule has 0 saturated carbocycles. The summed E-state index contributed by atoms with van der Waals surface area (Å²) in [5.41, 5.74) is 1.27. The van der Waals surface area contributed by atoms with Gasteiger partial charge in [-0.15, -0.1) is 0 Å². The van der Waals surface area contributed by atoms with E-state index in [0.29, 0.717) is 55.2 Å². The number of phosphoric ester groups is 1. The van der Waals surface area contributed by atoms with E-state index in [1.807, 2.05) is 20.8 Å². The average Bonchev–Trinajstić information content (AvgIpc) is 2.82. The zero-order valence-corrected chi connectivity index (χ0v) is 25.1. The van der Waals surface area contributed by atoms with Crippen molar-refractivity contribution < 1.29 is 46.7 Å². The molecule has 218 valence electrons. The highest BCUT2D eigenvalue weighted by atomic mass is 31.2. The Bertz CT molecular complexity index is 791. The summed E-state index contributed by atoms with van der Waals surface area (Å²) in [5.74, 6) is -1.95. The molecule has 11 heteroatoms. The third kappa shape index (κ3) is 13.5. The topological polar surface area (TPSA) is 124 Å². The van der Waals surface area contributed by atoms with Gasteiger partial charge in [0, 0.05) is 16.7 Å². The lowest BCUT2D eigenvalue weighted by Crippen LogP contribution is -2.26. The van der Waals surface area contributed by atoms with E-state index >= 15 is 0 Å². The Morgan fingerprint density at radius 2 is 0.789 bits per heavy atom. The molecule has 0 saturated heterocycles. The summed E-state index contributed by atoms with van der Waals surface area (Å²) >= 11 is 0. The molecule has 0 aromatic carbocycles. The van der Waals surface area contributed by atoms with Crippen molar-refractivity contribution in [2.24, 2.45) is 0 Å². The first-order chi connectivity index (χ1) is 17.9. The molecule has 0 N–H and O–H groups in total. The quantitative estimate of drug-likeness (QED) is 0.0566. The fraction of sp³-hybridized carbons (Fsp3) is 0.667. The number of hydrogen-bond acceptors (Lipinski definition) is 10. The van der Waals surface area contributed by atoms with E-state index in [1.165, 1.54) is 20.8 Å². The van der Waals surface area contributed by atoms with Crippen LogP contribution in [0.3, 0.4) is 0 Å². The summed E-state index contributed by atoms with van der Waals surface area (Å²) in [6.45, 7) is 15.0. The molecule has 0 aliphatic carbocycles. The van der Waals surface area contributed by atoms with Gasteiger partial charge in [0.2, 0.25) is 18.9 Å². The molecule has 0 rings (SSSR count). The Morgan fingerprint density at radius 1 is 0.553 bits per heavy atom. The number of allylic oxidation sites excluding steroid dienone is 3. The molecule has 10 nitrogen and oxygen atoms in total. The minimum Gasteiger partial charge on any atom is -0.432 e. The molecular formula is C27H45O10P. The molecule has 0 radical (unpaired) electrons. The van der Waals surface area contributed by atoms with E-state index in [-0.39, 0.29) is 0 Å². The Kier molecular flexibility index (Phi) is 17.8. The summed E-state index contributed by atoms with van der Waals surface area (Å²) in [4.78, 5) is 37.3. The van der Waals surface area contributed by atoms with Crippen LogP contribution in [0.4, 0.5) is 0 Å². The van der Waals surface area contributed by atoms with Crippen molar-refractivity contribution >= 4 is 25.7 Å².